The quantitative estimate of drug-likeness (QED) is 0.620. The van der Waals surface area contributed by atoms with Crippen LogP contribution in [0.25, 0.3) is 0 Å². The summed E-state index contributed by atoms with van der Waals surface area (Å²) in [6, 6.07) is 15.8. The minimum atomic E-state index is 0.740. The molecule has 0 atom stereocenters. The van der Waals surface area contributed by atoms with Crippen LogP contribution in [-0.4, -0.2) is 26.1 Å². The maximum atomic E-state index is 5.53. The predicted molar refractivity (Wildman–Crippen MR) is 93.4 cm³/mol. The second-order valence-corrected chi connectivity index (χ2v) is 4.78. The Morgan fingerprint density at radius 1 is 0.909 bits per heavy atom. The second kappa shape index (κ2) is 8.62. The molecule has 0 fully saturated rings. The molecule has 0 aliphatic carbocycles. The van der Waals surface area contributed by atoms with Gasteiger partial charge in [0.2, 0.25) is 0 Å². The van der Waals surface area contributed by atoms with Gasteiger partial charge in [-0.05, 0) is 53.9 Å². The highest BCUT2D eigenvalue weighted by atomic mass is 16.5. The number of anilines is 1. The van der Waals surface area contributed by atoms with Gasteiger partial charge in [0.05, 0.1) is 19.0 Å². The lowest BCUT2D eigenvalue weighted by Crippen LogP contribution is -1.94. The Hall–Kier alpha value is -2.62. The zero-order valence-electron chi connectivity index (χ0n) is 13.0. The fourth-order valence-electron chi connectivity index (χ4n) is 1.81. The lowest BCUT2D eigenvalue weighted by molar-refractivity contribution is 0.317. The molecule has 4 nitrogen and oxygen atoms in total. The molecule has 0 aliphatic rings. The fourth-order valence-corrected chi connectivity index (χ4v) is 1.81. The van der Waals surface area contributed by atoms with E-state index in [-0.39, 0.29) is 0 Å². The van der Waals surface area contributed by atoms with Crippen LogP contribution in [0.2, 0.25) is 0 Å². The summed E-state index contributed by atoms with van der Waals surface area (Å²) >= 11 is 0. The molecule has 1 N–H and O–H groups in total. The van der Waals surface area contributed by atoms with Crippen molar-refractivity contribution in [2.45, 2.75) is 13.3 Å². The highest BCUT2D eigenvalue weighted by Crippen LogP contribution is 2.11. The summed E-state index contributed by atoms with van der Waals surface area (Å²) < 4.78 is 5.53. The van der Waals surface area contributed by atoms with E-state index in [0.29, 0.717) is 0 Å². The Morgan fingerprint density at radius 3 is 1.95 bits per heavy atom. The molecule has 0 saturated carbocycles. The Bertz CT molecular complexity index is 616. The molecule has 0 heterocycles. The molecular weight excluding hydrogens is 274 g/mol. The van der Waals surface area contributed by atoms with E-state index in [1.54, 1.807) is 12.4 Å². The third kappa shape index (κ3) is 5.05. The van der Waals surface area contributed by atoms with Gasteiger partial charge in [-0.25, -0.2) is 0 Å². The Kier molecular flexibility index (Phi) is 6.18. The Labute approximate surface area is 131 Å². The van der Waals surface area contributed by atoms with E-state index in [2.05, 4.69) is 22.4 Å². The van der Waals surface area contributed by atoms with Gasteiger partial charge < -0.3 is 10.1 Å². The van der Waals surface area contributed by atoms with E-state index < -0.39 is 0 Å². The van der Waals surface area contributed by atoms with E-state index in [1.807, 2.05) is 55.6 Å². The largest absolute Gasteiger partial charge is 0.494 e. The van der Waals surface area contributed by atoms with Crippen LogP contribution in [-0.2, 0) is 0 Å². The molecule has 0 aromatic heterocycles. The first-order chi connectivity index (χ1) is 10.8. The van der Waals surface area contributed by atoms with Crippen LogP contribution in [0.3, 0.4) is 0 Å². The van der Waals surface area contributed by atoms with Gasteiger partial charge in [-0.1, -0.05) is 19.1 Å². The van der Waals surface area contributed by atoms with Gasteiger partial charge in [0.1, 0.15) is 5.75 Å². The predicted octanol–water partition coefficient (Wildman–Crippen LogP) is 3.97. The summed E-state index contributed by atoms with van der Waals surface area (Å²) in [5, 5.41) is 11.2. The number of ether oxygens (including phenoxy) is 1. The second-order valence-electron chi connectivity index (χ2n) is 4.78. The summed E-state index contributed by atoms with van der Waals surface area (Å²) in [6.45, 7) is 2.83. The van der Waals surface area contributed by atoms with E-state index in [9.17, 15) is 0 Å². The standard InChI is InChI=1S/C18H21N3O/c1-3-12-22-18-10-6-16(7-11-18)14-21-20-13-15-4-8-17(19-2)9-5-15/h4-11,13-14,19H,3,12H2,1-2H3/b20-13+,21-14+. The molecule has 2 aromatic carbocycles. The van der Waals surface area contributed by atoms with Crippen LogP contribution in [0.4, 0.5) is 5.69 Å². The molecule has 4 heteroatoms. The van der Waals surface area contributed by atoms with E-state index in [4.69, 9.17) is 4.74 Å². The minimum Gasteiger partial charge on any atom is -0.494 e. The van der Waals surface area contributed by atoms with Gasteiger partial charge in [-0.2, -0.15) is 10.2 Å². The zero-order valence-corrected chi connectivity index (χ0v) is 13.0. The first-order valence-corrected chi connectivity index (χ1v) is 7.39. The lowest BCUT2D eigenvalue weighted by Gasteiger charge is -2.03. The number of benzene rings is 2. The molecule has 2 aromatic rings. The van der Waals surface area contributed by atoms with Crippen LogP contribution >= 0.6 is 0 Å². The van der Waals surface area contributed by atoms with Crippen molar-refractivity contribution in [3.8, 4) is 5.75 Å². The minimum absolute atomic E-state index is 0.740. The molecule has 0 aliphatic heterocycles. The van der Waals surface area contributed by atoms with Crippen molar-refractivity contribution in [1.82, 2.24) is 0 Å². The first-order valence-electron chi connectivity index (χ1n) is 7.39. The maximum absolute atomic E-state index is 5.53. The van der Waals surface area contributed by atoms with Crippen molar-refractivity contribution < 1.29 is 4.74 Å². The van der Waals surface area contributed by atoms with Crippen molar-refractivity contribution in [3.63, 3.8) is 0 Å². The molecule has 0 unspecified atom stereocenters. The smallest absolute Gasteiger partial charge is 0.119 e. The molecule has 0 radical (unpaired) electrons. The fraction of sp³-hybridized carbons (Fsp3) is 0.222. The average Bonchev–Trinajstić information content (AvgIpc) is 2.58. The van der Waals surface area contributed by atoms with Gasteiger partial charge in [0, 0.05) is 12.7 Å². The normalized spacial score (nSPS) is 11.2. The molecule has 2 rings (SSSR count). The summed E-state index contributed by atoms with van der Waals surface area (Å²) in [4.78, 5) is 0. The summed E-state index contributed by atoms with van der Waals surface area (Å²) in [6.07, 6.45) is 4.46. The van der Waals surface area contributed by atoms with E-state index >= 15 is 0 Å². The maximum Gasteiger partial charge on any atom is 0.119 e. The third-order valence-corrected chi connectivity index (χ3v) is 3.03. The van der Waals surface area contributed by atoms with E-state index in [1.165, 1.54) is 0 Å². The van der Waals surface area contributed by atoms with Gasteiger partial charge in [-0.15, -0.1) is 0 Å². The van der Waals surface area contributed by atoms with Crippen LogP contribution < -0.4 is 10.1 Å². The van der Waals surface area contributed by atoms with Gasteiger partial charge in [0.15, 0.2) is 0 Å². The molecule has 0 bridgehead atoms. The Morgan fingerprint density at radius 2 is 1.45 bits per heavy atom. The average molecular weight is 295 g/mol. The molecule has 0 amide bonds. The van der Waals surface area contributed by atoms with Crippen molar-refractivity contribution in [1.29, 1.82) is 0 Å². The Balaban J connectivity index is 1.89. The summed E-state index contributed by atoms with van der Waals surface area (Å²) in [5.41, 5.74) is 3.08. The highest BCUT2D eigenvalue weighted by Gasteiger charge is 1.93. The van der Waals surface area contributed by atoms with Gasteiger partial charge >= 0.3 is 0 Å². The van der Waals surface area contributed by atoms with Gasteiger partial charge in [0.25, 0.3) is 0 Å². The topological polar surface area (TPSA) is 46.0 Å². The molecule has 114 valence electrons. The number of hydrogen-bond donors (Lipinski definition) is 1. The number of rotatable bonds is 7. The monoisotopic (exact) mass is 295 g/mol. The lowest BCUT2D eigenvalue weighted by atomic mass is 10.2. The van der Waals surface area contributed by atoms with Crippen molar-refractivity contribution in [2.24, 2.45) is 10.2 Å². The number of hydrogen-bond acceptors (Lipinski definition) is 4. The van der Waals surface area contributed by atoms with Crippen LogP contribution in [0.1, 0.15) is 24.5 Å². The van der Waals surface area contributed by atoms with Crippen molar-refractivity contribution >= 4 is 18.1 Å². The molecular formula is C18H21N3O. The third-order valence-electron chi connectivity index (χ3n) is 3.03. The molecule has 22 heavy (non-hydrogen) atoms. The van der Waals surface area contributed by atoms with E-state index in [0.717, 1.165) is 35.6 Å². The molecule has 0 saturated heterocycles. The molecule has 0 spiro atoms. The van der Waals surface area contributed by atoms with Crippen LogP contribution in [0, 0.1) is 0 Å². The SMILES string of the molecule is CCCOc1ccc(/C=N/N=C/c2ccc(NC)cc2)cc1. The van der Waals surface area contributed by atoms with Gasteiger partial charge in [-0.3, -0.25) is 0 Å². The number of nitrogens with one attached hydrogen (secondary N) is 1. The van der Waals surface area contributed by atoms with Crippen LogP contribution in [0.15, 0.2) is 58.7 Å². The summed E-state index contributed by atoms with van der Waals surface area (Å²) in [7, 11) is 1.89. The van der Waals surface area contributed by atoms with Crippen molar-refractivity contribution in [2.75, 3.05) is 19.0 Å². The number of nitrogens with zero attached hydrogens (tertiary/aromatic N) is 2. The summed E-state index contributed by atoms with van der Waals surface area (Å²) in [5.74, 6) is 0.882. The van der Waals surface area contributed by atoms with Crippen LogP contribution in [0.5, 0.6) is 5.75 Å². The highest BCUT2D eigenvalue weighted by molar-refractivity contribution is 5.83. The zero-order chi connectivity index (χ0) is 15.6. The van der Waals surface area contributed by atoms with Crippen molar-refractivity contribution in [3.05, 3.63) is 59.7 Å². The first kappa shape index (κ1) is 15.8.